The number of amides is 3. The summed E-state index contributed by atoms with van der Waals surface area (Å²) in [6.07, 6.45) is 2.53. The summed E-state index contributed by atoms with van der Waals surface area (Å²) < 4.78 is 0. The van der Waals surface area contributed by atoms with Crippen LogP contribution in [0.25, 0.3) is 0 Å². The minimum atomic E-state index is -0.191. The molecule has 0 radical (unpaired) electrons. The van der Waals surface area contributed by atoms with E-state index < -0.39 is 0 Å². The van der Waals surface area contributed by atoms with Crippen molar-refractivity contribution in [3.8, 4) is 0 Å². The summed E-state index contributed by atoms with van der Waals surface area (Å²) in [5, 5.41) is 8.91. The molecule has 2 heterocycles. The average Bonchev–Trinajstić information content (AvgIpc) is 2.97. The summed E-state index contributed by atoms with van der Waals surface area (Å²) in [6.45, 7) is 2.04. The van der Waals surface area contributed by atoms with Gasteiger partial charge in [0.1, 0.15) is 0 Å². The van der Waals surface area contributed by atoms with Crippen LogP contribution in [0.3, 0.4) is 0 Å². The summed E-state index contributed by atoms with van der Waals surface area (Å²) in [5.41, 5.74) is 1.22. The highest BCUT2D eigenvalue weighted by Gasteiger charge is 2.17. The molecule has 7 nitrogen and oxygen atoms in total. The van der Waals surface area contributed by atoms with E-state index in [1.54, 1.807) is 32.4 Å². The van der Waals surface area contributed by atoms with Crippen LogP contribution in [0.1, 0.15) is 22.5 Å². The van der Waals surface area contributed by atoms with Crippen LogP contribution in [-0.4, -0.2) is 55.0 Å². The Bertz CT molecular complexity index is 512. The van der Waals surface area contributed by atoms with Crippen molar-refractivity contribution in [2.45, 2.75) is 19.0 Å². The highest BCUT2D eigenvalue weighted by molar-refractivity contribution is 5.94. The number of hydrogen-bond acceptors (Lipinski definition) is 4. The Balaban J connectivity index is 1.93. The molecule has 3 amide bonds. The lowest BCUT2D eigenvalue weighted by Crippen LogP contribution is -2.36. The van der Waals surface area contributed by atoms with Crippen LogP contribution in [-0.2, 0) is 6.54 Å². The van der Waals surface area contributed by atoms with E-state index in [0.717, 1.165) is 19.5 Å². The van der Waals surface area contributed by atoms with E-state index in [0.29, 0.717) is 17.8 Å². The molecule has 1 aliphatic heterocycles. The highest BCUT2D eigenvalue weighted by Crippen LogP contribution is 2.04. The van der Waals surface area contributed by atoms with Gasteiger partial charge >= 0.3 is 6.03 Å². The fourth-order valence-electron chi connectivity index (χ4n) is 2.09. The molecule has 1 aromatic rings. The number of aromatic nitrogens is 1. The number of nitrogens with zero attached hydrogens (tertiary/aromatic N) is 2. The summed E-state index contributed by atoms with van der Waals surface area (Å²) in [5.74, 6) is -0.105. The standard InChI is InChI=1S/C14H21N5O2/c1-19(2)14(21)17-9-12-7-10(3-6-16-12)13(20)18-11-4-5-15-8-11/h3,6-7,11,15H,4-5,8-9H2,1-2H3,(H,17,21)(H,18,20). The molecule has 1 atom stereocenters. The molecule has 21 heavy (non-hydrogen) atoms. The van der Waals surface area contributed by atoms with Crippen LogP contribution in [0.15, 0.2) is 18.3 Å². The molecular formula is C14H21N5O2. The first-order valence-electron chi connectivity index (χ1n) is 6.98. The quantitative estimate of drug-likeness (QED) is 0.725. The van der Waals surface area contributed by atoms with Crippen molar-refractivity contribution in [3.63, 3.8) is 0 Å². The largest absolute Gasteiger partial charge is 0.348 e. The third-order valence-corrected chi connectivity index (χ3v) is 3.30. The summed E-state index contributed by atoms with van der Waals surface area (Å²) in [6, 6.07) is 3.37. The third-order valence-electron chi connectivity index (χ3n) is 3.30. The Morgan fingerprint density at radius 3 is 2.95 bits per heavy atom. The number of hydrogen-bond donors (Lipinski definition) is 3. The predicted molar refractivity (Wildman–Crippen MR) is 78.9 cm³/mol. The lowest BCUT2D eigenvalue weighted by molar-refractivity contribution is 0.0940. The third kappa shape index (κ3) is 4.42. The minimum absolute atomic E-state index is 0.105. The van der Waals surface area contributed by atoms with Gasteiger partial charge in [0.25, 0.3) is 5.91 Å². The normalized spacial score (nSPS) is 17.3. The zero-order valence-corrected chi connectivity index (χ0v) is 12.3. The summed E-state index contributed by atoms with van der Waals surface area (Å²) in [4.78, 5) is 29.2. The molecule has 2 rings (SSSR count). The highest BCUT2D eigenvalue weighted by atomic mass is 16.2. The maximum Gasteiger partial charge on any atom is 0.317 e. The molecule has 3 N–H and O–H groups in total. The summed E-state index contributed by atoms with van der Waals surface area (Å²) >= 11 is 0. The summed E-state index contributed by atoms with van der Waals surface area (Å²) in [7, 11) is 3.34. The number of carbonyl (C=O) groups excluding carboxylic acids is 2. The second-order valence-electron chi connectivity index (χ2n) is 5.25. The van der Waals surface area contributed by atoms with Gasteiger partial charge in [0.2, 0.25) is 0 Å². The van der Waals surface area contributed by atoms with Gasteiger partial charge in [-0.05, 0) is 25.1 Å². The molecule has 1 unspecified atom stereocenters. The number of urea groups is 1. The van der Waals surface area contributed by atoms with Gasteiger partial charge in [-0.1, -0.05) is 0 Å². The van der Waals surface area contributed by atoms with Crippen molar-refractivity contribution in [1.29, 1.82) is 0 Å². The van der Waals surface area contributed by atoms with Crippen LogP contribution < -0.4 is 16.0 Å². The van der Waals surface area contributed by atoms with Crippen molar-refractivity contribution < 1.29 is 9.59 Å². The number of rotatable bonds is 4. The van der Waals surface area contributed by atoms with Crippen LogP contribution in [0.4, 0.5) is 4.79 Å². The van der Waals surface area contributed by atoms with Crippen molar-refractivity contribution in [2.75, 3.05) is 27.2 Å². The Kier molecular flexibility index (Phi) is 5.10. The molecule has 1 saturated heterocycles. The van der Waals surface area contributed by atoms with E-state index in [2.05, 4.69) is 20.9 Å². The number of pyridine rings is 1. The fourth-order valence-corrected chi connectivity index (χ4v) is 2.09. The van der Waals surface area contributed by atoms with E-state index in [-0.39, 0.29) is 18.0 Å². The van der Waals surface area contributed by atoms with Crippen molar-refractivity contribution in [3.05, 3.63) is 29.6 Å². The molecule has 1 fully saturated rings. The average molecular weight is 291 g/mol. The second-order valence-corrected chi connectivity index (χ2v) is 5.25. The molecule has 0 aliphatic carbocycles. The van der Waals surface area contributed by atoms with Gasteiger partial charge in [0.05, 0.1) is 12.2 Å². The van der Waals surface area contributed by atoms with Gasteiger partial charge in [0.15, 0.2) is 0 Å². The van der Waals surface area contributed by atoms with Gasteiger partial charge in [-0.2, -0.15) is 0 Å². The van der Waals surface area contributed by atoms with Gasteiger partial charge in [0, 0.05) is 38.4 Å². The van der Waals surface area contributed by atoms with E-state index in [1.165, 1.54) is 4.90 Å². The Hall–Kier alpha value is -2.15. The molecule has 0 spiro atoms. The Morgan fingerprint density at radius 2 is 2.29 bits per heavy atom. The van der Waals surface area contributed by atoms with Crippen LogP contribution in [0.5, 0.6) is 0 Å². The maximum absolute atomic E-state index is 12.1. The van der Waals surface area contributed by atoms with Gasteiger partial charge in [-0.15, -0.1) is 0 Å². The molecule has 1 aromatic heterocycles. The van der Waals surface area contributed by atoms with E-state index in [4.69, 9.17) is 0 Å². The first-order chi connectivity index (χ1) is 10.1. The van der Waals surface area contributed by atoms with E-state index in [9.17, 15) is 9.59 Å². The topological polar surface area (TPSA) is 86.4 Å². The SMILES string of the molecule is CN(C)C(=O)NCc1cc(C(=O)NC2CCNC2)ccn1. The molecule has 0 saturated carbocycles. The van der Waals surface area contributed by atoms with Gasteiger partial charge in [-0.3, -0.25) is 9.78 Å². The Labute approximate surface area is 124 Å². The monoisotopic (exact) mass is 291 g/mol. The number of nitrogens with one attached hydrogen (secondary N) is 3. The van der Waals surface area contributed by atoms with Crippen LogP contribution >= 0.6 is 0 Å². The molecule has 7 heteroatoms. The lowest BCUT2D eigenvalue weighted by Gasteiger charge is -2.13. The van der Waals surface area contributed by atoms with Crippen LogP contribution in [0.2, 0.25) is 0 Å². The van der Waals surface area contributed by atoms with E-state index in [1.807, 2.05) is 0 Å². The molecular weight excluding hydrogens is 270 g/mol. The smallest absolute Gasteiger partial charge is 0.317 e. The second kappa shape index (κ2) is 7.03. The fraction of sp³-hybridized carbons (Fsp3) is 0.500. The Morgan fingerprint density at radius 1 is 1.48 bits per heavy atom. The maximum atomic E-state index is 12.1. The lowest BCUT2D eigenvalue weighted by atomic mass is 10.2. The molecule has 1 aliphatic rings. The first-order valence-corrected chi connectivity index (χ1v) is 6.98. The van der Waals surface area contributed by atoms with Crippen molar-refractivity contribution >= 4 is 11.9 Å². The molecule has 0 aromatic carbocycles. The first kappa shape index (κ1) is 15.2. The van der Waals surface area contributed by atoms with Crippen molar-refractivity contribution in [2.24, 2.45) is 0 Å². The number of carbonyl (C=O) groups is 2. The molecule has 0 bridgehead atoms. The van der Waals surface area contributed by atoms with Crippen LogP contribution in [0, 0.1) is 0 Å². The molecule has 114 valence electrons. The predicted octanol–water partition coefficient (Wildman–Crippen LogP) is -0.0555. The van der Waals surface area contributed by atoms with Gasteiger partial charge in [-0.25, -0.2) is 4.79 Å². The van der Waals surface area contributed by atoms with Gasteiger partial charge < -0.3 is 20.9 Å². The zero-order chi connectivity index (χ0) is 15.2. The van der Waals surface area contributed by atoms with Crippen molar-refractivity contribution in [1.82, 2.24) is 25.8 Å². The zero-order valence-electron chi connectivity index (χ0n) is 12.3. The van der Waals surface area contributed by atoms with E-state index >= 15 is 0 Å². The minimum Gasteiger partial charge on any atom is -0.348 e.